The fourth-order valence-electron chi connectivity index (χ4n) is 4.67. The van der Waals surface area contributed by atoms with Gasteiger partial charge in [-0.1, -0.05) is 73.1 Å². The van der Waals surface area contributed by atoms with Crippen molar-refractivity contribution in [1.29, 1.82) is 0 Å². The van der Waals surface area contributed by atoms with Crippen LogP contribution >= 0.6 is 34.8 Å². The Morgan fingerprint density at radius 2 is 1.66 bits per heavy atom. The third kappa shape index (κ3) is 7.78. The summed E-state index contributed by atoms with van der Waals surface area (Å²) in [4.78, 5) is 28.7. The lowest BCUT2D eigenvalue weighted by Crippen LogP contribution is -2.54. The maximum Gasteiger partial charge on any atom is 0.244 e. The van der Waals surface area contributed by atoms with Crippen molar-refractivity contribution < 1.29 is 18.0 Å². The molecular weight excluding hydrogens is 569 g/mol. The molecule has 208 valence electrons. The fourth-order valence-corrected chi connectivity index (χ4v) is 6.20. The van der Waals surface area contributed by atoms with Crippen LogP contribution in [-0.2, 0) is 26.2 Å². The smallest absolute Gasteiger partial charge is 0.244 e. The molecule has 0 aromatic heterocycles. The number of hydrogen-bond acceptors (Lipinski definition) is 4. The van der Waals surface area contributed by atoms with E-state index in [9.17, 15) is 18.0 Å². The van der Waals surface area contributed by atoms with Gasteiger partial charge in [-0.3, -0.25) is 13.9 Å². The predicted molar refractivity (Wildman–Crippen MR) is 154 cm³/mol. The first-order chi connectivity index (χ1) is 17.9. The first-order valence-corrected chi connectivity index (χ1v) is 15.7. The number of nitrogens with zero attached hydrogens (tertiary/aromatic N) is 2. The third-order valence-electron chi connectivity index (χ3n) is 6.85. The van der Waals surface area contributed by atoms with Gasteiger partial charge in [0, 0.05) is 33.2 Å². The van der Waals surface area contributed by atoms with Gasteiger partial charge in [-0.2, -0.15) is 0 Å². The van der Waals surface area contributed by atoms with E-state index in [1.54, 1.807) is 37.3 Å². The molecule has 0 bridgehead atoms. The van der Waals surface area contributed by atoms with E-state index in [-0.39, 0.29) is 24.2 Å². The quantitative estimate of drug-likeness (QED) is 0.363. The molecule has 1 aliphatic carbocycles. The zero-order chi connectivity index (χ0) is 28.0. The molecule has 2 aromatic rings. The lowest BCUT2D eigenvalue weighted by atomic mass is 9.95. The molecule has 0 heterocycles. The molecule has 7 nitrogen and oxygen atoms in total. The minimum Gasteiger partial charge on any atom is -0.352 e. The molecule has 1 N–H and O–H groups in total. The molecule has 1 saturated carbocycles. The zero-order valence-electron chi connectivity index (χ0n) is 21.8. The van der Waals surface area contributed by atoms with E-state index in [2.05, 4.69) is 5.32 Å². The Hall–Kier alpha value is -2.00. The standard InChI is InChI=1S/C27H34Cl3N3O4S/c1-4-25(27(35)31-19-9-6-5-7-10-19)32(16-21-22(28)11-8-12-23(21)29)26(34)17-33(38(3,36)37)20-14-13-18(2)24(30)15-20/h8,11-15,19,25H,4-7,9-10,16-17H2,1-3H3,(H,31,35)/t25-/m1/s1. The summed E-state index contributed by atoms with van der Waals surface area (Å²) in [5, 5.41) is 4.18. The highest BCUT2D eigenvalue weighted by atomic mass is 35.5. The molecule has 0 spiro atoms. The summed E-state index contributed by atoms with van der Waals surface area (Å²) < 4.78 is 26.6. The van der Waals surface area contributed by atoms with Crippen LogP contribution in [0.3, 0.4) is 0 Å². The van der Waals surface area contributed by atoms with Gasteiger partial charge in [0.1, 0.15) is 12.6 Å². The van der Waals surface area contributed by atoms with Crippen molar-refractivity contribution in [1.82, 2.24) is 10.2 Å². The molecule has 0 aliphatic heterocycles. The number of anilines is 1. The van der Waals surface area contributed by atoms with Gasteiger partial charge in [-0.05, 0) is 56.0 Å². The lowest BCUT2D eigenvalue weighted by Gasteiger charge is -2.34. The normalized spacial score (nSPS) is 15.1. The highest BCUT2D eigenvalue weighted by Gasteiger charge is 2.33. The number of carbonyl (C=O) groups is 2. The number of rotatable bonds is 10. The Labute approximate surface area is 240 Å². The SMILES string of the molecule is CC[C@H](C(=O)NC1CCCCC1)N(Cc1c(Cl)cccc1Cl)C(=O)CN(c1ccc(C)c(Cl)c1)S(C)(=O)=O. The largest absolute Gasteiger partial charge is 0.352 e. The number of nitrogens with one attached hydrogen (secondary N) is 1. The third-order valence-corrected chi connectivity index (χ3v) is 9.11. The van der Waals surface area contributed by atoms with Crippen LogP contribution in [0.15, 0.2) is 36.4 Å². The van der Waals surface area contributed by atoms with Gasteiger partial charge in [0.25, 0.3) is 0 Å². The summed E-state index contributed by atoms with van der Waals surface area (Å²) in [5.41, 5.74) is 1.51. The van der Waals surface area contributed by atoms with E-state index in [0.29, 0.717) is 27.1 Å². The van der Waals surface area contributed by atoms with E-state index < -0.39 is 28.5 Å². The van der Waals surface area contributed by atoms with Crippen LogP contribution in [0.25, 0.3) is 0 Å². The Morgan fingerprint density at radius 3 is 2.21 bits per heavy atom. The van der Waals surface area contributed by atoms with Crippen LogP contribution in [-0.4, -0.2) is 50.0 Å². The average molecular weight is 603 g/mol. The lowest BCUT2D eigenvalue weighted by molar-refractivity contribution is -0.140. The number of halogens is 3. The first-order valence-electron chi connectivity index (χ1n) is 12.7. The Morgan fingerprint density at radius 1 is 1.03 bits per heavy atom. The summed E-state index contributed by atoms with van der Waals surface area (Å²) in [6, 6.07) is 9.00. The molecule has 11 heteroatoms. The summed E-state index contributed by atoms with van der Waals surface area (Å²) in [6.45, 7) is 3.04. The highest BCUT2D eigenvalue weighted by Crippen LogP contribution is 2.29. The molecule has 0 radical (unpaired) electrons. The maximum atomic E-state index is 13.9. The minimum atomic E-state index is -3.87. The molecular formula is C27H34Cl3N3O4S. The van der Waals surface area contributed by atoms with Crippen LogP contribution in [0.4, 0.5) is 5.69 Å². The van der Waals surface area contributed by atoms with Crippen molar-refractivity contribution in [2.75, 3.05) is 17.1 Å². The molecule has 38 heavy (non-hydrogen) atoms. The van der Waals surface area contributed by atoms with Gasteiger partial charge >= 0.3 is 0 Å². The summed E-state index contributed by atoms with van der Waals surface area (Å²) in [7, 11) is -3.87. The number of benzene rings is 2. The van der Waals surface area contributed by atoms with Gasteiger partial charge in [0.05, 0.1) is 11.9 Å². The number of amides is 2. The highest BCUT2D eigenvalue weighted by molar-refractivity contribution is 7.92. The number of hydrogen-bond donors (Lipinski definition) is 1. The predicted octanol–water partition coefficient (Wildman–Crippen LogP) is 5.98. The zero-order valence-corrected chi connectivity index (χ0v) is 24.9. The molecule has 1 fully saturated rings. The van der Waals surface area contributed by atoms with E-state index in [1.165, 1.54) is 11.0 Å². The van der Waals surface area contributed by atoms with Crippen LogP contribution in [0.1, 0.15) is 56.6 Å². The van der Waals surface area contributed by atoms with Crippen molar-refractivity contribution in [3.63, 3.8) is 0 Å². The van der Waals surface area contributed by atoms with Crippen LogP contribution in [0.5, 0.6) is 0 Å². The molecule has 1 atom stereocenters. The van der Waals surface area contributed by atoms with Gasteiger partial charge in [0.15, 0.2) is 0 Å². The summed E-state index contributed by atoms with van der Waals surface area (Å²) in [6.07, 6.45) is 6.36. The first kappa shape index (κ1) is 30.5. The molecule has 2 aromatic carbocycles. The molecule has 1 aliphatic rings. The van der Waals surface area contributed by atoms with E-state index in [1.807, 2.05) is 6.92 Å². The Bertz CT molecular complexity index is 1250. The molecule has 2 amide bonds. The fraction of sp³-hybridized carbons (Fsp3) is 0.481. The van der Waals surface area contributed by atoms with Crippen molar-refractivity contribution >= 4 is 62.3 Å². The van der Waals surface area contributed by atoms with Crippen molar-refractivity contribution in [2.45, 2.75) is 71.0 Å². The molecule has 0 saturated heterocycles. The van der Waals surface area contributed by atoms with Crippen molar-refractivity contribution in [3.05, 3.63) is 62.6 Å². The van der Waals surface area contributed by atoms with E-state index in [4.69, 9.17) is 34.8 Å². The Kier molecular flexibility index (Phi) is 10.7. The van der Waals surface area contributed by atoms with Crippen molar-refractivity contribution in [3.8, 4) is 0 Å². The van der Waals surface area contributed by atoms with Gasteiger partial charge < -0.3 is 10.2 Å². The minimum absolute atomic E-state index is 0.0494. The van der Waals surface area contributed by atoms with Gasteiger partial charge in [-0.15, -0.1) is 0 Å². The number of carbonyl (C=O) groups excluding carboxylic acids is 2. The second kappa shape index (κ2) is 13.4. The Balaban J connectivity index is 1.97. The van der Waals surface area contributed by atoms with Gasteiger partial charge in [0.2, 0.25) is 21.8 Å². The summed E-state index contributed by atoms with van der Waals surface area (Å²) >= 11 is 19.1. The second-order valence-corrected chi connectivity index (χ2v) is 12.8. The number of sulfonamides is 1. The molecule has 3 rings (SSSR count). The average Bonchev–Trinajstić information content (AvgIpc) is 2.85. The maximum absolute atomic E-state index is 13.9. The van der Waals surface area contributed by atoms with E-state index in [0.717, 1.165) is 48.2 Å². The van der Waals surface area contributed by atoms with Crippen molar-refractivity contribution in [2.24, 2.45) is 0 Å². The van der Waals surface area contributed by atoms with Gasteiger partial charge in [-0.25, -0.2) is 8.42 Å². The van der Waals surface area contributed by atoms with Crippen LogP contribution < -0.4 is 9.62 Å². The monoisotopic (exact) mass is 601 g/mol. The number of aryl methyl sites for hydroxylation is 1. The summed E-state index contributed by atoms with van der Waals surface area (Å²) in [5.74, 6) is -0.839. The van der Waals surface area contributed by atoms with Crippen LogP contribution in [0, 0.1) is 6.92 Å². The second-order valence-electron chi connectivity index (χ2n) is 9.69. The topological polar surface area (TPSA) is 86.8 Å². The van der Waals surface area contributed by atoms with E-state index >= 15 is 0 Å². The molecule has 0 unspecified atom stereocenters. The van der Waals surface area contributed by atoms with Crippen LogP contribution in [0.2, 0.25) is 15.1 Å².